The van der Waals surface area contributed by atoms with E-state index in [1.165, 1.54) is 5.56 Å². The van der Waals surface area contributed by atoms with E-state index < -0.39 is 0 Å². The Morgan fingerprint density at radius 3 is 2.61 bits per heavy atom. The van der Waals surface area contributed by atoms with Crippen molar-refractivity contribution in [2.75, 3.05) is 10.6 Å². The smallest absolute Gasteiger partial charge is 0.225 e. The van der Waals surface area contributed by atoms with E-state index in [0.717, 1.165) is 57.9 Å². The molecule has 2 aromatic carbocycles. The van der Waals surface area contributed by atoms with Crippen LogP contribution in [0.5, 0.6) is 0 Å². The second-order valence-corrected chi connectivity index (χ2v) is 10.2. The van der Waals surface area contributed by atoms with Crippen molar-refractivity contribution < 1.29 is 5.11 Å². The fourth-order valence-corrected chi connectivity index (χ4v) is 5.51. The van der Waals surface area contributed by atoms with Gasteiger partial charge in [-0.05, 0) is 48.9 Å². The standard InChI is InChI=1S/C27H27N7OS/c35-22-9-7-20(8-10-22)30-26-31-21(12-17-4-2-1-3-5-17)14-25(33-26)34-27-32-23-11-6-18(13-24(23)36-27)19-15-28-29-16-19/h1-6,11,13-16,20,22,35H,7-10,12H2,(H,28,29)(H2,30,31,32,33,34). The van der Waals surface area contributed by atoms with Crippen molar-refractivity contribution in [3.05, 3.63) is 78.2 Å². The fourth-order valence-electron chi connectivity index (χ4n) is 4.60. The Morgan fingerprint density at radius 1 is 0.944 bits per heavy atom. The van der Waals surface area contributed by atoms with Gasteiger partial charge < -0.3 is 15.7 Å². The minimum Gasteiger partial charge on any atom is -0.393 e. The summed E-state index contributed by atoms with van der Waals surface area (Å²) in [6.07, 6.45) is 7.65. The summed E-state index contributed by atoms with van der Waals surface area (Å²) in [6.45, 7) is 0. The fraction of sp³-hybridized carbons (Fsp3) is 0.259. The Hall–Kier alpha value is -3.82. The topological polar surface area (TPSA) is 112 Å². The van der Waals surface area contributed by atoms with E-state index in [0.29, 0.717) is 18.2 Å². The zero-order valence-corrected chi connectivity index (χ0v) is 20.5. The number of fused-ring (bicyclic) bond motifs is 1. The van der Waals surface area contributed by atoms with Gasteiger partial charge in [-0.1, -0.05) is 47.7 Å². The zero-order valence-electron chi connectivity index (χ0n) is 19.7. The number of aliphatic hydroxyl groups is 1. The molecule has 0 spiro atoms. The van der Waals surface area contributed by atoms with Crippen molar-refractivity contribution in [1.29, 1.82) is 0 Å². The number of nitrogens with one attached hydrogen (secondary N) is 3. The lowest BCUT2D eigenvalue weighted by molar-refractivity contribution is 0.126. The lowest BCUT2D eigenvalue weighted by atomic mass is 9.93. The van der Waals surface area contributed by atoms with Crippen LogP contribution < -0.4 is 10.6 Å². The maximum atomic E-state index is 9.86. The molecule has 3 heterocycles. The van der Waals surface area contributed by atoms with Crippen LogP contribution in [0.4, 0.5) is 16.9 Å². The van der Waals surface area contributed by atoms with E-state index in [-0.39, 0.29) is 12.1 Å². The predicted molar refractivity (Wildman–Crippen MR) is 144 cm³/mol. The van der Waals surface area contributed by atoms with Crippen LogP contribution in [0, 0.1) is 0 Å². The van der Waals surface area contributed by atoms with Crippen molar-refractivity contribution in [2.45, 2.75) is 44.2 Å². The van der Waals surface area contributed by atoms with E-state index in [4.69, 9.17) is 15.0 Å². The first kappa shape index (κ1) is 22.6. The molecule has 5 aromatic rings. The van der Waals surface area contributed by atoms with Crippen LogP contribution >= 0.6 is 11.3 Å². The number of aromatic nitrogens is 5. The summed E-state index contributed by atoms with van der Waals surface area (Å²) in [5, 5.41) is 24.5. The number of H-pyrrole nitrogens is 1. The van der Waals surface area contributed by atoms with Gasteiger partial charge in [0.2, 0.25) is 5.95 Å². The van der Waals surface area contributed by atoms with Crippen LogP contribution in [0.15, 0.2) is 67.0 Å². The van der Waals surface area contributed by atoms with E-state index in [1.54, 1.807) is 11.3 Å². The molecule has 182 valence electrons. The van der Waals surface area contributed by atoms with Crippen LogP contribution in [-0.4, -0.2) is 42.4 Å². The lowest BCUT2D eigenvalue weighted by Crippen LogP contribution is -2.29. The molecular formula is C27H27N7OS. The van der Waals surface area contributed by atoms with Crippen molar-refractivity contribution in [1.82, 2.24) is 25.1 Å². The SMILES string of the molecule is OC1CCC(Nc2nc(Cc3ccccc3)cc(Nc3nc4ccc(-c5cn[nH]c5)cc4s3)n2)CC1. The van der Waals surface area contributed by atoms with Gasteiger partial charge in [0.05, 0.1) is 28.2 Å². The Balaban J connectivity index is 1.27. The van der Waals surface area contributed by atoms with Crippen LogP contribution in [0.2, 0.25) is 0 Å². The number of aromatic amines is 1. The lowest BCUT2D eigenvalue weighted by Gasteiger charge is -2.26. The molecule has 3 aromatic heterocycles. The third kappa shape index (κ3) is 5.22. The monoisotopic (exact) mass is 497 g/mol. The predicted octanol–water partition coefficient (Wildman–Crippen LogP) is 5.53. The molecule has 0 atom stereocenters. The van der Waals surface area contributed by atoms with Gasteiger partial charge in [-0.25, -0.2) is 9.97 Å². The average Bonchev–Trinajstić information content (AvgIpc) is 3.55. The van der Waals surface area contributed by atoms with Crippen LogP contribution in [0.25, 0.3) is 21.3 Å². The molecule has 1 aliphatic carbocycles. The van der Waals surface area contributed by atoms with Crippen molar-refractivity contribution >= 4 is 38.5 Å². The molecule has 4 N–H and O–H groups in total. The van der Waals surface area contributed by atoms with Crippen LogP contribution in [-0.2, 0) is 6.42 Å². The van der Waals surface area contributed by atoms with Gasteiger partial charge in [0.1, 0.15) is 5.82 Å². The Bertz CT molecular complexity index is 1440. The number of anilines is 3. The van der Waals surface area contributed by atoms with Crippen molar-refractivity contribution in [2.24, 2.45) is 0 Å². The molecule has 9 heteroatoms. The third-order valence-corrected chi connectivity index (χ3v) is 7.43. The second-order valence-electron chi connectivity index (χ2n) is 9.19. The molecule has 1 fully saturated rings. The van der Waals surface area contributed by atoms with Gasteiger partial charge in [0.25, 0.3) is 0 Å². The van der Waals surface area contributed by atoms with Crippen molar-refractivity contribution in [3.63, 3.8) is 0 Å². The summed E-state index contributed by atoms with van der Waals surface area (Å²) >= 11 is 1.59. The summed E-state index contributed by atoms with van der Waals surface area (Å²) in [4.78, 5) is 14.4. The van der Waals surface area contributed by atoms with Crippen molar-refractivity contribution in [3.8, 4) is 11.1 Å². The van der Waals surface area contributed by atoms with E-state index in [1.807, 2.05) is 42.7 Å². The molecule has 0 bridgehead atoms. The highest BCUT2D eigenvalue weighted by molar-refractivity contribution is 7.22. The minimum atomic E-state index is -0.196. The maximum absolute atomic E-state index is 9.86. The van der Waals surface area contributed by atoms with Gasteiger partial charge in [-0.3, -0.25) is 5.10 Å². The molecule has 0 aliphatic heterocycles. The summed E-state index contributed by atoms with van der Waals surface area (Å²) in [6, 6.07) is 18.8. The quantitative estimate of drug-likeness (QED) is 0.234. The van der Waals surface area contributed by atoms with Gasteiger partial charge in [-0.2, -0.15) is 10.1 Å². The molecule has 0 saturated heterocycles. The number of hydrogen-bond acceptors (Lipinski definition) is 8. The maximum Gasteiger partial charge on any atom is 0.225 e. The van der Waals surface area contributed by atoms with Crippen LogP contribution in [0.1, 0.15) is 36.9 Å². The number of benzene rings is 2. The summed E-state index contributed by atoms with van der Waals surface area (Å²) in [5.74, 6) is 1.32. The second kappa shape index (κ2) is 10.0. The first-order valence-electron chi connectivity index (χ1n) is 12.2. The molecule has 8 nitrogen and oxygen atoms in total. The van der Waals surface area contributed by atoms with Gasteiger partial charge in [0, 0.05) is 30.3 Å². The molecule has 0 radical (unpaired) electrons. The average molecular weight is 498 g/mol. The highest BCUT2D eigenvalue weighted by atomic mass is 32.1. The van der Waals surface area contributed by atoms with Gasteiger partial charge in [0.15, 0.2) is 5.13 Å². The molecule has 0 unspecified atom stereocenters. The van der Waals surface area contributed by atoms with Crippen LogP contribution in [0.3, 0.4) is 0 Å². The first-order chi connectivity index (χ1) is 17.7. The highest BCUT2D eigenvalue weighted by Crippen LogP contribution is 2.32. The molecule has 1 saturated carbocycles. The number of hydrogen-bond donors (Lipinski definition) is 4. The molecule has 36 heavy (non-hydrogen) atoms. The van der Waals surface area contributed by atoms with Gasteiger partial charge in [-0.15, -0.1) is 0 Å². The first-order valence-corrected chi connectivity index (χ1v) is 13.0. The van der Waals surface area contributed by atoms with E-state index in [9.17, 15) is 5.11 Å². The number of thiazole rings is 1. The third-order valence-electron chi connectivity index (χ3n) is 6.49. The molecular weight excluding hydrogens is 470 g/mol. The highest BCUT2D eigenvalue weighted by Gasteiger charge is 2.20. The Morgan fingerprint density at radius 2 is 1.81 bits per heavy atom. The molecule has 6 rings (SSSR count). The number of aliphatic hydroxyl groups excluding tert-OH is 1. The summed E-state index contributed by atoms with van der Waals surface area (Å²) < 4.78 is 1.09. The molecule has 1 aliphatic rings. The summed E-state index contributed by atoms with van der Waals surface area (Å²) in [5.41, 5.74) is 5.21. The van der Waals surface area contributed by atoms with Gasteiger partial charge >= 0.3 is 0 Å². The summed E-state index contributed by atoms with van der Waals surface area (Å²) in [7, 11) is 0. The Labute approximate surface area is 212 Å². The Kier molecular flexibility index (Phi) is 6.31. The number of rotatable bonds is 7. The number of nitrogens with zero attached hydrogens (tertiary/aromatic N) is 4. The van der Waals surface area contributed by atoms with E-state index in [2.05, 4.69) is 45.1 Å². The normalized spacial score (nSPS) is 17.8. The minimum absolute atomic E-state index is 0.196. The largest absolute Gasteiger partial charge is 0.393 e. The van der Waals surface area contributed by atoms with E-state index >= 15 is 0 Å². The molecule has 0 amide bonds. The zero-order chi connectivity index (χ0) is 24.3.